The van der Waals surface area contributed by atoms with Gasteiger partial charge in [0, 0.05) is 36.4 Å². The van der Waals surface area contributed by atoms with Crippen LogP contribution in [0, 0.1) is 6.92 Å². The molecule has 1 aliphatic rings. The second kappa shape index (κ2) is 7.94. The maximum Gasteiger partial charge on any atom is 0.255 e. The minimum atomic E-state index is -0.174. The number of anilines is 1. The van der Waals surface area contributed by atoms with E-state index >= 15 is 0 Å². The van der Waals surface area contributed by atoms with E-state index in [0.29, 0.717) is 23.4 Å². The Morgan fingerprint density at radius 3 is 2.60 bits per heavy atom. The fraction of sp³-hybridized carbons (Fsp3) is 0.300. The molecule has 5 nitrogen and oxygen atoms in total. The molecule has 0 unspecified atom stereocenters. The normalized spacial score (nSPS) is 14.7. The summed E-state index contributed by atoms with van der Waals surface area (Å²) in [5.41, 5.74) is 2.80. The molecule has 0 atom stereocenters. The van der Waals surface area contributed by atoms with E-state index in [1.165, 1.54) is 0 Å². The third kappa shape index (κ3) is 4.25. The molecule has 0 aromatic heterocycles. The fourth-order valence-corrected chi connectivity index (χ4v) is 2.91. The number of hydrogen-bond donors (Lipinski definition) is 2. The highest BCUT2D eigenvalue weighted by Crippen LogP contribution is 2.19. The van der Waals surface area contributed by atoms with Crippen LogP contribution in [0.2, 0.25) is 0 Å². The number of nitrogens with one attached hydrogen (secondary N) is 2. The number of nitrogens with zero attached hydrogens (tertiary/aromatic N) is 1. The van der Waals surface area contributed by atoms with E-state index in [4.69, 9.17) is 0 Å². The Balaban J connectivity index is 1.78. The number of carbonyl (C=O) groups is 2. The number of rotatable bonds is 3. The molecule has 0 spiro atoms. The molecule has 5 heteroatoms. The Hall–Kier alpha value is -2.66. The molecule has 2 N–H and O–H groups in total. The van der Waals surface area contributed by atoms with Crippen molar-refractivity contribution < 1.29 is 9.59 Å². The van der Waals surface area contributed by atoms with Crippen LogP contribution in [0.15, 0.2) is 48.5 Å². The average Bonchev–Trinajstić information content (AvgIpc) is 2.93. The number of benzene rings is 2. The summed E-state index contributed by atoms with van der Waals surface area (Å²) in [4.78, 5) is 27.0. The first kappa shape index (κ1) is 17.2. The van der Waals surface area contributed by atoms with Crippen LogP contribution < -0.4 is 10.6 Å². The van der Waals surface area contributed by atoms with Gasteiger partial charge in [0.05, 0.1) is 0 Å². The third-order valence-electron chi connectivity index (χ3n) is 4.40. The van der Waals surface area contributed by atoms with Crippen LogP contribution in [0.4, 0.5) is 5.69 Å². The van der Waals surface area contributed by atoms with Crippen LogP contribution in [-0.4, -0.2) is 42.9 Å². The first-order chi connectivity index (χ1) is 12.1. The molecule has 130 valence electrons. The molecule has 0 radical (unpaired) electrons. The number of hydrogen-bond acceptors (Lipinski definition) is 3. The van der Waals surface area contributed by atoms with E-state index in [2.05, 4.69) is 10.6 Å². The molecule has 0 saturated carbocycles. The lowest BCUT2D eigenvalue weighted by Crippen LogP contribution is -2.34. The topological polar surface area (TPSA) is 61.4 Å². The van der Waals surface area contributed by atoms with E-state index in [9.17, 15) is 9.59 Å². The molecule has 2 aromatic carbocycles. The summed E-state index contributed by atoms with van der Waals surface area (Å²) in [5, 5.41) is 6.21. The highest BCUT2D eigenvalue weighted by atomic mass is 16.2. The predicted molar refractivity (Wildman–Crippen MR) is 99.0 cm³/mol. The maximum atomic E-state index is 12.8. The molecular formula is C20H23N3O2. The molecule has 1 aliphatic heterocycles. The minimum Gasteiger partial charge on any atom is -0.337 e. The van der Waals surface area contributed by atoms with Gasteiger partial charge in [-0.3, -0.25) is 9.59 Å². The summed E-state index contributed by atoms with van der Waals surface area (Å²) in [6.07, 6.45) is 0.954. The zero-order chi connectivity index (χ0) is 17.6. The van der Waals surface area contributed by atoms with Gasteiger partial charge in [-0.1, -0.05) is 24.3 Å². The lowest BCUT2D eigenvalue weighted by molar-refractivity contribution is 0.0766. The van der Waals surface area contributed by atoms with Gasteiger partial charge in [0.15, 0.2) is 0 Å². The Labute approximate surface area is 148 Å². The Morgan fingerprint density at radius 1 is 1.00 bits per heavy atom. The van der Waals surface area contributed by atoms with Crippen LogP contribution in [0.25, 0.3) is 0 Å². The van der Waals surface area contributed by atoms with Crippen molar-refractivity contribution in [1.82, 2.24) is 10.2 Å². The molecule has 0 bridgehead atoms. The van der Waals surface area contributed by atoms with Gasteiger partial charge in [-0.05, 0) is 49.7 Å². The fourth-order valence-electron chi connectivity index (χ4n) is 2.91. The largest absolute Gasteiger partial charge is 0.337 e. The molecule has 0 aliphatic carbocycles. The first-order valence-corrected chi connectivity index (χ1v) is 8.62. The van der Waals surface area contributed by atoms with E-state index in [0.717, 1.165) is 31.6 Å². The smallest absolute Gasteiger partial charge is 0.255 e. The van der Waals surface area contributed by atoms with Crippen molar-refractivity contribution in [2.75, 3.05) is 31.5 Å². The predicted octanol–water partition coefficient (Wildman–Crippen LogP) is 2.68. The zero-order valence-corrected chi connectivity index (χ0v) is 14.4. The van der Waals surface area contributed by atoms with E-state index < -0.39 is 0 Å². The van der Waals surface area contributed by atoms with E-state index in [-0.39, 0.29) is 11.8 Å². The summed E-state index contributed by atoms with van der Waals surface area (Å²) in [7, 11) is 0. The minimum absolute atomic E-state index is 0.0129. The number of amides is 2. The lowest BCUT2D eigenvalue weighted by atomic mass is 10.1. The van der Waals surface area contributed by atoms with Crippen molar-refractivity contribution in [3.63, 3.8) is 0 Å². The van der Waals surface area contributed by atoms with Gasteiger partial charge in [0.1, 0.15) is 0 Å². The van der Waals surface area contributed by atoms with Gasteiger partial charge in [-0.15, -0.1) is 0 Å². The summed E-state index contributed by atoms with van der Waals surface area (Å²) in [6.45, 7) is 5.14. The first-order valence-electron chi connectivity index (χ1n) is 8.62. The Bertz CT molecular complexity index is 751. The maximum absolute atomic E-state index is 12.8. The monoisotopic (exact) mass is 337 g/mol. The zero-order valence-electron chi connectivity index (χ0n) is 14.4. The molecule has 1 saturated heterocycles. The number of carbonyl (C=O) groups excluding carboxylic acids is 2. The standard InChI is InChI=1S/C20H23N3O2/c1-15-8-9-17(20(25)23-12-5-10-21-11-13-23)14-18(15)22-19(24)16-6-3-2-4-7-16/h2-4,6-9,14,21H,5,10-13H2,1H3,(H,22,24). The molecule has 3 rings (SSSR count). The third-order valence-corrected chi connectivity index (χ3v) is 4.40. The van der Waals surface area contributed by atoms with Crippen molar-refractivity contribution >= 4 is 17.5 Å². The Morgan fingerprint density at radius 2 is 1.80 bits per heavy atom. The molecule has 2 amide bonds. The molecular weight excluding hydrogens is 314 g/mol. The summed E-state index contributed by atoms with van der Waals surface area (Å²) in [6, 6.07) is 14.5. The molecule has 2 aromatic rings. The van der Waals surface area contributed by atoms with Crippen LogP contribution in [0.1, 0.15) is 32.7 Å². The second-order valence-corrected chi connectivity index (χ2v) is 6.25. The summed E-state index contributed by atoms with van der Waals surface area (Å²) < 4.78 is 0. The average molecular weight is 337 g/mol. The van der Waals surface area contributed by atoms with Crippen LogP contribution in [0.5, 0.6) is 0 Å². The van der Waals surface area contributed by atoms with Crippen LogP contribution >= 0.6 is 0 Å². The Kier molecular flexibility index (Phi) is 5.46. The summed E-state index contributed by atoms with van der Waals surface area (Å²) >= 11 is 0. The van der Waals surface area contributed by atoms with E-state index in [1.807, 2.05) is 42.2 Å². The van der Waals surface area contributed by atoms with Crippen LogP contribution in [-0.2, 0) is 0 Å². The van der Waals surface area contributed by atoms with Crippen molar-refractivity contribution in [3.05, 3.63) is 65.2 Å². The second-order valence-electron chi connectivity index (χ2n) is 6.25. The highest BCUT2D eigenvalue weighted by molar-refractivity contribution is 6.05. The molecule has 25 heavy (non-hydrogen) atoms. The highest BCUT2D eigenvalue weighted by Gasteiger charge is 2.18. The van der Waals surface area contributed by atoms with Crippen LogP contribution in [0.3, 0.4) is 0 Å². The molecule has 1 heterocycles. The van der Waals surface area contributed by atoms with Gasteiger partial charge in [0.25, 0.3) is 11.8 Å². The summed E-state index contributed by atoms with van der Waals surface area (Å²) in [5.74, 6) is -0.161. The lowest BCUT2D eigenvalue weighted by Gasteiger charge is -2.20. The van der Waals surface area contributed by atoms with Gasteiger partial charge < -0.3 is 15.5 Å². The SMILES string of the molecule is Cc1ccc(C(=O)N2CCCNCC2)cc1NC(=O)c1ccccc1. The van der Waals surface area contributed by atoms with Crippen molar-refractivity contribution in [2.45, 2.75) is 13.3 Å². The van der Waals surface area contributed by atoms with Crippen molar-refractivity contribution in [3.8, 4) is 0 Å². The van der Waals surface area contributed by atoms with Crippen molar-refractivity contribution in [2.24, 2.45) is 0 Å². The van der Waals surface area contributed by atoms with Gasteiger partial charge in [-0.2, -0.15) is 0 Å². The van der Waals surface area contributed by atoms with Gasteiger partial charge in [-0.25, -0.2) is 0 Å². The van der Waals surface area contributed by atoms with Gasteiger partial charge in [0.2, 0.25) is 0 Å². The molecule has 1 fully saturated rings. The quantitative estimate of drug-likeness (QED) is 0.905. The van der Waals surface area contributed by atoms with E-state index in [1.54, 1.807) is 18.2 Å². The number of aryl methyl sites for hydroxylation is 1. The van der Waals surface area contributed by atoms with Crippen molar-refractivity contribution in [1.29, 1.82) is 0 Å². The van der Waals surface area contributed by atoms with Gasteiger partial charge >= 0.3 is 0 Å².